The number of benzene rings is 2. The largest absolute Gasteiger partial charge is 0.321 e. The summed E-state index contributed by atoms with van der Waals surface area (Å²) in [6.07, 6.45) is 0. The van der Waals surface area contributed by atoms with E-state index in [-0.39, 0.29) is 10.8 Å². The Morgan fingerprint density at radius 3 is 2.65 bits per heavy atom. The normalized spacial score (nSPS) is 13.6. The van der Waals surface area contributed by atoms with E-state index in [1.807, 2.05) is 38.1 Å². The van der Waals surface area contributed by atoms with Crippen LogP contribution in [-0.2, 0) is 14.8 Å². The Morgan fingerprint density at radius 2 is 1.92 bits per heavy atom. The number of allylic oxidation sites excluding steroid dienone is 1. The highest BCUT2D eigenvalue weighted by molar-refractivity contribution is 7.93. The average molecular weight is 385 g/mol. The van der Waals surface area contributed by atoms with Crippen LogP contribution in [0.1, 0.15) is 19.4 Å². The number of nitrogens with zero attached hydrogens (tertiary/aromatic N) is 1. The van der Waals surface area contributed by atoms with Gasteiger partial charge in [-0.1, -0.05) is 29.0 Å². The highest BCUT2D eigenvalue weighted by atomic mass is 32.2. The van der Waals surface area contributed by atoms with Crippen molar-refractivity contribution < 1.29 is 13.2 Å². The van der Waals surface area contributed by atoms with Gasteiger partial charge in [-0.3, -0.25) is 9.52 Å². The third kappa shape index (κ3) is 2.77. The Hall–Kier alpha value is -2.71. The number of rotatable bonds is 3. The summed E-state index contributed by atoms with van der Waals surface area (Å²) in [5, 5.41) is 3.06. The molecule has 3 aromatic rings. The summed E-state index contributed by atoms with van der Waals surface area (Å²) in [6, 6.07) is 12.1. The summed E-state index contributed by atoms with van der Waals surface area (Å²) < 4.78 is 29.0. The molecule has 0 unspecified atom stereocenters. The van der Waals surface area contributed by atoms with Crippen LogP contribution in [0.25, 0.3) is 15.8 Å². The molecule has 0 radical (unpaired) electrons. The van der Waals surface area contributed by atoms with E-state index in [4.69, 9.17) is 0 Å². The van der Waals surface area contributed by atoms with Gasteiger partial charge in [0, 0.05) is 16.8 Å². The molecule has 0 fully saturated rings. The molecule has 1 aliphatic heterocycles. The number of carbonyl (C=O) groups is 1. The summed E-state index contributed by atoms with van der Waals surface area (Å²) in [5.74, 6) is -0.214. The number of hydrogen-bond acceptors (Lipinski definition) is 5. The number of carbonyl (C=O) groups excluding carboxylic acids is 1. The van der Waals surface area contributed by atoms with Gasteiger partial charge in [-0.05, 0) is 44.2 Å². The van der Waals surface area contributed by atoms with Crippen molar-refractivity contribution in [2.24, 2.45) is 0 Å². The minimum atomic E-state index is -3.81. The molecular weight excluding hydrogens is 370 g/mol. The highest BCUT2D eigenvalue weighted by Gasteiger charge is 2.27. The van der Waals surface area contributed by atoms with E-state index in [9.17, 15) is 13.2 Å². The molecule has 1 aliphatic rings. The fourth-order valence-electron chi connectivity index (χ4n) is 2.90. The molecule has 2 N–H and O–H groups in total. The second kappa shape index (κ2) is 5.93. The van der Waals surface area contributed by atoms with E-state index >= 15 is 0 Å². The van der Waals surface area contributed by atoms with Crippen molar-refractivity contribution in [2.45, 2.75) is 18.7 Å². The number of hydrogen-bond donors (Lipinski definition) is 2. The van der Waals surface area contributed by atoms with Crippen molar-refractivity contribution in [2.75, 3.05) is 10.0 Å². The maximum absolute atomic E-state index is 12.8. The Kier molecular flexibility index (Phi) is 3.82. The van der Waals surface area contributed by atoms with Gasteiger partial charge in [0.25, 0.3) is 15.9 Å². The van der Waals surface area contributed by atoms with Gasteiger partial charge >= 0.3 is 0 Å². The van der Waals surface area contributed by atoms with Crippen LogP contribution in [0.3, 0.4) is 0 Å². The molecule has 0 atom stereocenters. The van der Waals surface area contributed by atoms with Gasteiger partial charge in [-0.15, -0.1) is 0 Å². The minimum Gasteiger partial charge on any atom is -0.321 e. The molecule has 2 heterocycles. The third-order valence-electron chi connectivity index (χ3n) is 4.06. The molecule has 0 saturated carbocycles. The molecule has 0 saturated heterocycles. The Bertz CT molecular complexity index is 1160. The maximum Gasteiger partial charge on any atom is 0.263 e. The van der Waals surface area contributed by atoms with Crippen LogP contribution in [0, 0.1) is 0 Å². The van der Waals surface area contributed by atoms with Crippen molar-refractivity contribution in [1.82, 2.24) is 4.98 Å². The monoisotopic (exact) mass is 385 g/mol. The lowest BCUT2D eigenvalue weighted by Crippen LogP contribution is -2.12. The predicted octanol–water partition coefficient (Wildman–Crippen LogP) is 3.84. The number of amides is 1. The molecule has 0 bridgehead atoms. The quantitative estimate of drug-likeness (QED) is 0.671. The van der Waals surface area contributed by atoms with E-state index in [0.717, 1.165) is 15.8 Å². The summed E-state index contributed by atoms with van der Waals surface area (Å²) in [4.78, 5) is 16.5. The molecule has 6 nitrogen and oxygen atoms in total. The van der Waals surface area contributed by atoms with Gasteiger partial charge in [0.05, 0.1) is 15.1 Å². The summed E-state index contributed by atoms with van der Waals surface area (Å²) in [6.45, 7) is 3.65. The number of fused-ring (bicyclic) bond motifs is 2. The zero-order chi connectivity index (χ0) is 18.5. The van der Waals surface area contributed by atoms with E-state index < -0.39 is 10.0 Å². The third-order valence-corrected chi connectivity index (χ3v) is 6.48. The van der Waals surface area contributed by atoms with Gasteiger partial charge < -0.3 is 5.32 Å². The van der Waals surface area contributed by atoms with Crippen LogP contribution in [0.5, 0.6) is 0 Å². The van der Waals surface area contributed by atoms with Crippen LogP contribution in [0.2, 0.25) is 0 Å². The number of para-hydroxylation sites is 1. The standard InChI is InChI=1S/C18H15N3O3S2/c1-10(2)16-12-9-11(7-8-13(12)19-17(16)22)26(23,24)21-18-20-14-5-3-4-6-15(14)25-18/h3-9H,1-2H3,(H,19,22)(H,20,21). The summed E-state index contributed by atoms with van der Waals surface area (Å²) >= 11 is 1.27. The maximum atomic E-state index is 12.8. The SMILES string of the molecule is CC(C)=C1C(=O)Nc2ccc(S(=O)(=O)Nc3nc4ccccc4s3)cc21. The second-order valence-corrected chi connectivity index (χ2v) is 8.84. The number of anilines is 2. The highest BCUT2D eigenvalue weighted by Crippen LogP contribution is 2.36. The fraction of sp³-hybridized carbons (Fsp3) is 0.111. The van der Waals surface area contributed by atoms with Gasteiger partial charge in [0.1, 0.15) is 0 Å². The number of thiazole rings is 1. The van der Waals surface area contributed by atoms with E-state index in [1.54, 1.807) is 6.07 Å². The fourth-order valence-corrected chi connectivity index (χ4v) is 5.03. The first-order chi connectivity index (χ1) is 12.3. The van der Waals surface area contributed by atoms with Crippen LogP contribution in [0.15, 0.2) is 52.9 Å². The molecule has 26 heavy (non-hydrogen) atoms. The molecule has 4 rings (SSSR count). The first-order valence-electron chi connectivity index (χ1n) is 7.87. The molecule has 0 spiro atoms. The predicted molar refractivity (Wildman–Crippen MR) is 104 cm³/mol. The van der Waals surface area contributed by atoms with Gasteiger partial charge in [0.15, 0.2) is 5.13 Å². The summed E-state index contributed by atoms with van der Waals surface area (Å²) in [7, 11) is -3.81. The molecular formula is C18H15N3O3S2. The van der Waals surface area contributed by atoms with E-state index in [2.05, 4.69) is 15.0 Å². The Morgan fingerprint density at radius 1 is 1.15 bits per heavy atom. The van der Waals surface area contributed by atoms with Gasteiger partial charge in [0.2, 0.25) is 0 Å². The average Bonchev–Trinajstić information content (AvgIpc) is 3.12. The Labute approximate surface area is 154 Å². The van der Waals surface area contributed by atoms with Crippen molar-refractivity contribution in [3.63, 3.8) is 0 Å². The van der Waals surface area contributed by atoms with Gasteiger partial charge in [-0.2, -0.15) is 0 Å². The van der Waals surface area contributed by atoms with Crippen LogP contribution >= 0.6 is 11.3 Å². The van der Waals surface area contributed by atoms with Gasteiger partial charge in [-0.25, -0.2) is 13.4 Å². The summed E-state index contributed by atoms with van der Waals surface area (Å²) in [5.41, 5.74) is 3.30. The molecule has 132 valence electrons. The van der Waals surface area contributed by atoms with Crippen molar-refractivity contribution in [3.05, 3.63) is 53.6 Å². The molecule has 0 aliphatic carbocycles. The zero-order valence-corrected chi connectivity index (χ0v) is 15.7. The van der Waals surface area contributed by atoms with Crippen LogP contribution in [-0.4, -0.2) is 19.3 Å². The first kappa shape index (κ1) is 16.7. The number of nitrogens with one attached hydrogen (secondary N) is 2. The first-order valence-corrected chi connectivity index (χ1v) is 10.2. The molecule has 2 aromatic carbocycles. The number of aromatic nitrogens is 1. The lowest BCUT2D eigenvalue weighted by molar-refractivity contribution is -0.110. The van der Waals surface area contributed by atoms with Crippen LogP contribution < -0.4 is 10.0 Å². The van der Waals surface area contributed by atoms with Crippen molar-refractivity contribution in [3.8, 4) is 0 Å². The minimum absolute atomic E-state index is 0.0887. The van der Waals surface area contributed by atoms with Crippen molar-refractivity contribution in [1.29, 1.82) is 0 Å². The lowest BCUT2D eigenvalue weighted by Gasteiger charge is -2.07. The number of sulfonamides is 1. The second-order valence-electron chi connectivity index (χ2n) is 6.13. The van der Waals surface area contributed by atoms with E-state index in [0.29, 0.717) is 22.0 Å². The molecule has 1 aromatic heterocycles. The Balaban J connectivity index is 1.73. The molecule has 8 heteroatoms. The lowest BCUT2D eigenvalue weighted by atomic mass is 10.0. The van der Waals surface area contributed by atoms with Crippen molar-refractivity contribution >= 4 is 53.9 Å². The zero-order valence-electron chi connectivity index (χ0n) is 14.0. The van der Waals surface area contributed by atoms with Crippen LogP contribution in [0.4, 0.5) is 10.8 Å². The smallest absolute Gasteiger partial charge is 0.263 e. The topological polar surface area (TPSA) is 88.2 Å². The van der Waals surface area contributed by atoms with E-state index in [1.165, 1.54) is 23.5 Å². The molecule has 1 amide bonds.